The highest BCUT2D eigenvalue weighted by molar-refractivity contribution is 5.99. The molecule has 0 aliphatic heterocycles. The van der Waals surface area contributed by atoms with Crippen molar-refractivity contribution >= 4 is 11.8 Å². The van der Waals surface area contributed by atoms with Gasteiger partial charge >= 0.3 is 5.97 Å². The molecular weight excluding hydrogens is 134 g/mol. The lowest BCUT2D eigenvalue weighted by Crippen LogP contribution is -2.12. The largest absolute Gasteiger partial charge is 0.478 e. The van der Waals surface area contributed by atoms with E-state index in [-0.39, 0.29) is 17.9 Å². The maximum atomic E-state index is 10.5. The second-order valence-corrected chi connectivity index (χ2v) is 1.80. The highest BCUT2D eigenvalue weighted by Crippen LogP contribution is 1.90. The molecule has 0 aliphatic rings. The van der Waals surface area contributed by atoms with Crippen molar-refractivity contribution in [1.29, 1.82) is 0 Å². The van der Waals surface area contributed by atoms with Gasteiger partial charge in [-0.3, -0.25) is 4.79 Å². The van der Waals surface area contributed by atoms with E-state index in [2.05, 4.69) is 0 Å². The van der Waals surface area contributed by atoms with E-state index in [0.717, 1.165) is 6.08 Å². The van der Waals surface area contributed by atoms with Crippen molar-refractivity contribution in [3.05, 3.63) is 11.6 Å². The van der Waals surface area contributed by atoms with Crippen LogP contribution in [0.2, 0.25) is 0 Å². The summed E-state index contributed by atoms with van der Waals surface area (Å²) in [5.41, 5.74) is 4.94. The Hall–Kier alpha value is -1.16. The Balaban J connectivity index is 4.16. The topological polar surface area (TPSA) is 80.4 Å². The molecule has 0 atom stereocenters. The van der Waals surface area contributed by atoms with Crippen LogP contribution in [0.1, 0.15) is 6.92 Å². The Morgan fingerprint density at radius 1 is 1.60 bits per heavy atom. The lowest BCUT2D eigenvalue weighted by atomic mass is 10.2. The molecule has 0 saturated heterocycles. The fourth-order valence-corrected chi connectivity index (χ4v) is 0.362. The summed E-state index contributed by atoms with van der Waals surface area (Å²) in [6.07, 6.45) is 1.02. The minimum atomic E-state index is -1.10. The molecule has 0 aromatic heterocycles. The molecule has 0 heterocycles. The van der Waals surface area contributed by atoms with Crippen molar-refractivity contribution in [3.8, 4) is 0 Å². The number of ketones is 1. The number of carboxylic acid groups (broad SMARTS) is 1. The molecule has 0 aromatic rings. The third kappa shape index (κ3) is 2.99. The highest BCUT2D eigenvalue weighted by atomic mass is 16.4. The second kappa shape index (κ2) is 3.79. The van der Waals surface area contributed by atoms with Crippen LogP contribution in [0.3, 0.4) is 0 Å². The number of hydrogen-bond donors (Lipinski definition) is 2. The van der Waals surface area contributed by atoms with Crippen LogP contribution in [0.15, 0.2) is 11.6 Å². The second-order valence-electron chi connectivity index (χ2n) is 1.80. The molecule has 0 aliphatic carbocycles. The smallest absolute Gasteiger partial charge is 0.331 e. The molecule has 0 aromatic carbocycles. The van der Waals surface area contributed by atoms with E-state index in [1.165, 1.54) is 6.92 Å². The molecule has 0 unspecified atom stereocenters. The van der Waals surface area contributed by atoms with Gasteiger partial charge in [0.15, 0.2) is 5.78 Å². The average molecular weight is 143 g/mol. The van der Waals surface area contributed by atoms with Gasteiger partial charge in [-0.15, -0.1) is 0 Å². The van der Waals surface area contributed by atoms with Gasteiger partial charge in [0.25, 0.3) is 0 Å². The maximum Gasteiger partial charge on any atom is 0.331 e. The summed E-state index contributed by atoms with van der Waals surface area (Å²) < 4.78 is 0. The number of hydrogen-bond acceptors (Lipinski definition) is 3. The van der Waals surface area contributed by atoms with Crippen molar-refractivity contribution in [2.45, 2.75) is 6.92 Å². The summed E-state index contributed by atoms with van der Waals surface area (Å²) in [7, 11) is 0. The van der Waals surface area contributed by atoms with E-state index < -0.39 is 5.97 Å². The fraction of sp³-hybridized carbons (Fsp3) is 0.333. The van der Waals surface area contributed by atoms with Crippen LogP contribution < -0.4 is 5.73 Å². The van der Waals surface area contributed by atoms with Gasteiger partial charge in [-0.2, -0.15) is 0 Å². The van der Waals surface area contributed by atoms with Crippen molar-refractivity contribution < 1.29 is 14.7 Å². The Bertz CT molecular complexity index is 183. The predicted octanol–water partition coefficient (Wildman–Crippen LogP) is -0.455. The third-order valence-corrected chi connectivity index (χ3v) is 0.916. The summed E-state index contributed by atoms with van der Waals surface area (Å²) >= 11 is 0. The van der Waals surface area contributed by atoms with Crippen LogP contribution in [0, 0.1) is 0 Å². The molecular formula is C6H9NO3. The number of nitrogens with two attached hydrogens (primary N) is 1. The fourth-order valence-electron chi connectivity index (χ4n) is 0.362. The number of aliphatic carboxylic acids is 1. The van der Waals surface area contributed by atoms with E-state index in [9.17, 15) is 9.59 Å². The average Bonchev–Trinajstić information content (AvgIpc) is 1.87. The SMILES string of the molecule is C/C(=C\C(=O)CN)C(=O)O. The van der Waals surface area contributed by atoms with E-state index in [1.54, 1.807) is 0 Å². The molecule has 4 nitrogen and oxygen atoms in total. The Morgan fingerprint density at radius 2 is 2.10 bits per heavy atom. The van der Waals surface area contributed by atoms with Crippen LogP contribution >= 0.6 is 0 Å². The number of carbonyl (C=O) groups is 2. The molecule has 0 rings (SSSR count). The third-order valence-electron chi connectivity index (χ3n) is 0.916. The summed E-state index contributed by atoms with van der Waals surface area (Å²) in [5, 5.41) is 8.27. The molecule has 56 valence electrons. The van der Waals surface area contributed by atoms with Gasteiger partial charge < -0.3 is 10.8 Å². The van der Waals surface area contributed by atoms with Crippen LogP contribution in [-0.4, -0.2) is 23.4 Å². The summed E-state index contributed by atoms with van der Waals surface area (Å²) in [6.45, 7) is 1.19. The quantitative estimate of drug-likeness (QED) is 0.524. The first kappa shape index (κ1) is 8.84. The molecule has 0 spiro atoms. The minimum absolute atomic E-state index is 0.00968. The molecule has 0 saturated carbocycles. The monoisotopic (exact) mass is 143 g/mol. The molecule has 4 heteroatoms. The zero-order chi connectivity index (χ0) is 8.15. The summed E-state index contributed by atoms with van der Waals surface area (Å²) in [6, 6.07) is 0. The Morgan fingerprint density at radius 3 is 2.40 bits per heavy atom. The predicted molar refractivity (Wildman–Crippen MR) is 35.5 cm³/mol. The standard InChI is InChI=1S/C6H9NO3/c1-4(6(9)10)2-5(8)3-7/h2H,3,7H2,1H3,(H,9,10)/b4-2+. The number of rotatable bonds is 3. The van der Waals surface area contributed by atoms with Gasteiger partial charge in [0.1, 0.15) is 0 Å². The van der Waals surface area contributed by atoms with Gasteiger partial charge in [0.05, 0.1) is 6.54 Å². The van der Waals surface area contributed by atoms with E-state index >= 15 is 0 Å². The van der Waals surface area contributed by atoms with Crippen molar-refractivity contribution in [2.24, 2.45) is 5.73 Å². The zero-order valence-electron chi connectivity index (χ0n) is 5.63. The van der Waals surface area contributed by atoms with Crippen molar-refractivity contribution in [2.75, 3.05) is 6.54 Å². The minimum Gasteiger partial charge on any atom is -0.478 e. The van der Waals surface area contributed by atoms with Crippen LogP contribution in [0.25, 0.3) is 0 Å². The lowest BCUT2D eigenvalue weighted by Gasteiger charge is -1.89. The number of carbonyl (C=O) groups excluding carboxylic acids is 1. The highest BCUT2D eigenvalue weighted by Gasteiger charge is 2.01. The van der Waals surface area contributed by atoms with Crippen LogP contribution in [-0.2, 0) is 9.59 Å². The van der Waals surface area contributed by atoms with Gasteiger partial charge in [0, 0.05) is 5.57 Å². The first-order valence-corrected chi connectivity index (χ1v) is 2.72. The Labute approximate surface area is 58.3 Å². The lowest BCUT2D eigenvalue weighted by molar-refractivity contribution is -0.132. The number of carboxylic acids is 1. The van der Waals surface area contributed by atoms with Crippen molar-refractivity contribution in [1.82, 2.24) is 0 Å². The van der Waals surface area contributed by atoms with E-state index in [4.69, 9.17) is 10.8 Å². The van der Waals surface area contributed by atoms with Gasteiger partial charge in [-0.25, -0.2) is 4.79 Å². The molecule has 10 heavy (non-hydrogen) atoms. The summed E-state index contributed by atoms with van der Waals surface area (Å²) in [5.74, 6) is -1.47. The normalized spacial score (nSPS) is 11.2. The van der Waals surface area contributed by atoms with Crippen LogP contribution in [0.5, 0.6) is 0 Å². The van der Waals surface area contributed by atoms with Crippen LogP contribution in [0.4, 0.5) is 0 Å². The first-order chi connectivity index (χ1) is 4.57. The molecule has 3 N–H and O–H groups in total. The van der Waals surface area contributed by atoms with Crippen molar-refractivity contribution in [3.63, 3.8) is 0 Å². The Kier molecular flexibility index (Phi) is 3.35. The molecule has 0 bridgehead atoms. The molecule has 0 radical (unpaired) electrons. The molecule has 0 fully saturated rings. The first-order valence-electron chi connectivity index (χ1n) is 2.72. The van der Waals surface area contributed by atoms with Gasteiger partial charge in [-0.05, 0) is 13.0 Å². The maximum absolute atomic E-state index is 10.5. The van der Waals surface area contributed by atoms with Gasteiger partial charge in [-0.1, -0.05) is 0 Å². The van der Waals surface area contributed by atoms with E-state index in [1.807, 2.05) is 0 Å². The molecule has 0 amide bonds. The summed E-state index contributed by atoms with van der Waals surface area (Å²) in [4.78, 5) is 20.6. The van der Waals surface area contributed by atoms with Gasteiger partial charge in [0.2, 0.25) is 0 Å². The zero-order valence-corrected chi connectivity index (χ0v) is 5.63. The van der Waals surface area contributed by atoms with E-state index in [0.29, 0.717) is 0 Å².